The molecule has 2 aromatic rings. The summed E-state index contributed by atoms with van der Waals surface area (Å²) in [4.78, 5) is 4.66. The van der Waals surface area contributed by atoms with Crippen LogP contribution in [-0.2, 0) is 0 Å². The molecule has 1 aromatic carbocycles. The van der Waals surface area contributed by atoms with Crippen molar-refractivity contribution in [1.82, 2.24) is 4.98 Å². The molecule has 3 nitrogen and oxygen atoms in total. The van der Waals surface area contributed by atoms with E-state index in [4.69, 9.17) is 0 Å². The molecule has 1 aromatic heterocycles. The van der Waals surface area contributed by atoms with E-state index in [2.05, 4.69) is 23.3 Å². The van der Waals surface area contributed by atoms with Gasteiger partial charge < -0.3 is 5.32 Å². The average Bonchev–Trinajstić information content (AvgIpc) is 2.71. The molecule has 1 N–H and O–H groups in total. The standard InChI is InChI=1S/C18H21N3/c1-13-5-4-7-16(10-9-13)20-18-15(12-19)11-14-6-2-3-8-17(14)21-18/h2-3,6,8,11,13,16H,4-5,7,9-10H2,1H3,(H,20,21). The van der Waals surface area contributed by atoms with Gasteiger partial charge in [0.2, 0.25) is 0 Å². The number of anilines is 1. The maximum absolute atomic E-state index is 9.37. The first kappa shape index (κ1) is 13.9. The molecule has 3 heteroatoms. The van der Waals surface area contributed by atoms with E-state index < -0.39 is 0 Å². The Balaban J connectivity index is 1.87. The van der Waals surface area contributed by atoms with Gasteiger partial charge in [-0.15, -0.1) is 0 Å². The van der Waals surface area contributed by atoms with Gasteiger partial charge in [-0.2, -0.15) is 5.26 Å². The van der Waals surface area contributed by atoms with Gasteiger partial charge in [-0.05, 0) is 37.3 Å². The van der Waals surface area contributed by atoms with Gasteiger partial charge in [0, 0.05) is 11.4 Å². The van der Waals surface area contributed by atoms with Crippen molar-refractivity contribution in [3.63, 3.8) is 0 Å². The summed E-state index contributed by atoms with van der Waals surface area (Å²) in [6, 6.07) is 12.6. The van der Waals surface area contributed by atoms with Gasteiger partial charge in [0.05, 0.1) is 11.1 Å². The molecule has 0 aliphatic heterocycles. The van der Waals surface area contributed by atoms with Crippen molar-refractivity contribution >= 4 is 16.7 Å². The van der Waals surface area contributed by atoms with Gasteiger partial charge in [-0.1, -0.05) is 38.0 Å². The number of para-hydroxylation sites is 1. The van der Waals surface area contributed by atoms with Crippen LogP contribution >= 0.6 is 0 Å². The van der Waals surface area contributed by atoms with E-state index in [9.17, 15) is 5.26 Å². The summed E-state index contributed by atoms with van der Waals surface area (Å²) in [7, 11) is 0. The van der Waals surface area contributed by atoms with Crippen LogP contribution in [0.25, 0.3) is 10.9 Å². The average molecular weight is 279 g/mol. The van der Waals surface area contributed by atoms with Crippen LogP contribution in [0.4, 0.5) is 5.82 Å². The highest BCUT2D eigenvalue weighted by Gasteiger charge is 2.18. The Morgan fingerprint density at radius 3 is 2.90 bits per heavy atom. The molecule has 2 unspecified atom stereocenters. The highest BCUT2D eigenvalue weighted by molar-refractivity contribution is 5.82. The highest BCUT2D eigenvalue weighted by atomic mass is 15.0. The van der Waals surface area contributed by atoms with Crippen LogP contribution in [0.5, 0.6) is 0 Å². The van der Waals surface area contributed by atoms with Crippen LogP contribution in [-0.4, -0.2) is 11.0 Å². The molecule has 1 fully saturated rings. The Kier molecular flexibility index (Phi) is 4.06. The first-order valence-electron chi connectivity index (χ1n) is 7.82. The van der Waals surface area contributed by atoms with Crippen LogP contribution in [0.3, 0.4) is 0 Å². The molecule has 108 valence electrons. The first-order chi connectivity index (χ1) is 10.3. The van der Waals surface area contributed by atoms with Crippen LogP contribution in [0.2, 0.25) is 0 Å². The quantitative estimate of drug-likeness (QED) is 0.824. The third-order valence-corrected chi connectivity index (χ3v) is 4.44. The van der Waals surface area contributed by atoms with Crippen molar-refractivity contribution in [3.8, 4) is 6.07 Å². The predicted octanol–water partition coefficient (Wildman–Crippen LogP) is 4.49. The van der Waals surface area contributed by atoms with Gasteiger partial charge in [0.25, 0.3) is 0 Å². The molecule has 0 amide bonds. The summed E-state index contributed by atoms with van der Waals surface area (Å²) < 4.78 is 0. The Morgan fingerprint density at radius 1 is 1.19 bits per heavy atom. The van der Waals surface area contributed by atoms with E-state index in [1.807, 2.05) is 30.3 Å². The Morgan fingerprint density at radius 2 is 2.05 bits per heavy atom. The van der Waals surface area contributed by atoms with Crippen LogP contribution in [0.1, 0.15) is 44.6 Å². The maximum atomic E-state index is 9.37. The molecule has 1 heterocycles. The van der Waals surface area contributed by atoms with Gasteiger partial charge in [0.15, 0.2) is 0 Å². The fraction of sp³-hybridized carbons (Fsp3) is 0.444. The van der Waals surface area contributed by atoms with E-state index in [1.54, 1.807) is 0 Å². The van der Waals surface area contributed by atoms with Crippen molar-refractivity contribution in [2.75, 3.05) is 5.32 Å². The number of hydrogen-bond donors (Lipinski definition) is 1. The maximum Gasteiger partial charge on any atom is 0.144 e. The molecule has 3 rings (SSSR count). The lowest BCUT2D eigenvalue weighted by Gasteiger charge is -2.18. The fourth-order valence-electron chi connectivity index (χ4n) is 3.14. The van der Waals surface area contributed by atoms with Gasteiger partial charge in [-0.3, -0.25) is 0 Å². The lowest BCUT2D eigenvalue weighted by Crippen LogP contribution is -2.20. The van der Waals surface area contributed by atoms with E-state index in [0.717, 1.165) is 22.6 Å². The number of nitriles is 1. The van der Waals surface area contributed by atoms with Gasteiger partial charge in [0.1, 0.15) is 11.9 Å². The summed E-state index contributed by atoms with van der Waals surface area (Å²) in [5, 5.41) is 13.9. The molecular formula is C18H21N3. The number of benzene rings is 1. The number of nitrogens with zero attached hydrogens (tertiary/aromatic N) is 2. The number of pyridine rings is 1. The van der Waals surface area contributed by atoms with E-state index in [-0.39, 0.29) is 0 Å². The first-order valence-corrected chi connectivity index (χ1v) is 7.82. The Bertz CT molecular complexity index is 672. The minimum Gasteiger partial charge on any atom is -0.366 e. The largest absolute Gasteiger partial charge is 0.366 e. The van der Waals surface area contributed by atoms with Crippen LogP contribution in [0.15, 0.2) is 30.3 Å². The molecular weight excluding hydrogens is 258 g/mol. The molecule has 0 saturated heterocycles. The molecule has 1 aliphatic rings. The zero-order chi connectivity index (χ0) is 14.7. The summed E-state index contributed by atoms with van der Waals surface area (Å²) in [6.45, 7) is 2.33. The second-order valence-electron chi connectivity index (χ2n) is 6.14. The lowest BCUT2D eigenvalue weighted by molar-refractivity contribution is 0.502. The highest BCUT2D eigenvalue weighted by Crippen LogP contribution is 2.26. The van der Waals surface area contributed by atoms with Crippen molar-refractivity contribution < 1.29 is 0 Å². The number of fused-ring (bicyclic) bond motifs is 1. The van der Waals surface area contributed by atoms with Gasteiger partial charge in [-0.25, -0.2) is 4.98 Å². The summed E-state index contributed by atoms with van der Waals surface area (Å²) in [5.41, 5.74) is 1.59. The molecule has 0 bridgehead atoms. The number of rotatable bonds is 2. The van der Waals surface area contributed by atoms with E-state index in [0.29, 0.717) is 11.6 Å². The van der Waals surface area contributed by atoms with Crippen molar-refractivity contribution in [1.29, 1.82) is 5.26 Å². The monoisotopic (exact) mass is 279 g/mol. The minimum atomic E-state index is 0.440. The zero-order valence-electron chi connectivity index (χ0n) is 12.5. The molecule has 2 atom stereocenters. The summed E-state index contributed by atoms with van der Waals surface area (Å²) >= 11 is 0. The molecule has 21 heavy (non-hydrogen) atoms. The SMILES string of the molecule is CC1CCCC(Nc2nc3ccccc3cc2C#N)CC1. The number of hydrogen-bond acceptors (Lipinski definition) is 3. The minimum absolute atomic E-state index is 0.440. The third kappa shape index (κ3) is 3.16. The second-order valence-corrected chi connectivity index (χ2v) is 6.14. The normalized spacial score (nSPS) is 22.5. The summed E-state index contributed by atoms with van der Waals surface area (Å²) in [5.74, 6) is 1.56. The third-order valence-electron chi connectivity index (χ3n) is 4.44. The molecule has 0 radical (unpaired) electrons. The van der Waals surface area contributed by atoms with Crippen LogP contribution in [0, 0.1) is 17.2 Å². The topological polar surface area (TPSA) is 48.7 Å². The number of aromatic nitrogens is 1. The van der Waals surface area contributed by atoms with E-state index >= 15 is 0 Å². The van der Waals surface area contributed by atoms with Gasteiger partial charge >= 0.3 is 0 Å². The van der Waals surface area contributed by atoms with Crippen molar-refractivity contribution in [3.05, 3.63) is 35.9 Å². The van der Waals surface area contributed by atoms with Crippen molar-refractivity contribution in [2.45, 2.75) is 45.1 Å². The molecule has 0 spiro atoms. The Hall–Kier alpha value is -2.08. The predicted molar refractivity (Wildman–Crippen MR) is 86.1 cm³/mol. The van der Waals surface area contributed by atoms with Crippen molar-refractivity contribution in [2.24, 2.45) is 5.92 Å². The smallest absolute Gasteiger partial charge is 0.144 e. The van der Waals surface area contributed by atoms with E-state index in [1.165, 1.54) is 32.1 Å². The fourth-order valence-corrected chi connectivity index (χ4v) is 3.14. The summed E-state index contributed by atoms with van der Waals surface area (Å²) in [6.07, 6.45) is 6.17. The molecule has 1 saturated carbocycles. The zero-order valence-corrected chi connectivity index (χ0v) is 12.5. The number of nitrogens with one attached hydrogen (secondary N) is 1. The lowest BCUT2D eigenvalue weighted by atomic mass is 10.0. The van der Waals surface area contributed by atoms with Crippen LogP contribution < -0.4 is 5.32 Å². The second kappa shape index (κ2) is 6.13. The Labute approximate surface area is 126 Å². The molecule has 1 aliphatic carbocycles.